The molecule has 2 rings (SSSR count). The highest BCUT2D eigenvalue weighted by Gasteiger charge is 1.93. The van der Waals surface area contributed by atoms with Crippen molar-refractivity contribution in [3.63, 3.8) is 0 Å². The molecule has 0 aromatic carbocycles. The van der Waals surface area contributed by atoms with Crippen molar-refractivity contribution in [1.29, 1.82) is 0 Å². The third-order valence-electron chi connectivity index (χ3n) is 1.51. The molecular weight excluding hydrogens is 126 g/mol. The van der Waals surface area contributed by atoms with Gasteiger partial charge >= 0.3 is 0 Å². The molecule has 10 heavy (non-hydrogen) atoms. The van der Waals surface area contributed by atoms with Crippen LogP contribution in [0.1, 0.15) is 5.69 Å². The largest absolute Gasteiger partial charge is 0.218 e. The third kappa shape index (κ3) is 0.603. The van der Waals surface area contributed by atoms with Crippen LogP contribution >= 0.6 is 0 Å². The molecule has 2 aromatic rings. The van der Waals surface area contributed by atoms with Crippen LogP contribution in [0.25, 0.3) is 5.52 Å². The van der Waals surface area contributed by atoms with E-state index in [1.54, 1.807) is 10.7 Å². The van der Waals surface area contributed by atoms with Crippen LogP contribution in [0.2, 0.25) is 0 Å². The van der Waals surface area contributed by atoms with E-state index in [1.807, 2.05) is 25.1 Å². The third-order valence-corrected chi connectivity index (χ3v) is 1.51. The van der Waals surface area contributed by atoms with Crippen LogP contribution in [-0.2, 0) is 0 Å². The van der Waals surface area contributed by atoms with Gasteiger partial charge in [0.1, 0.15) is 0 Å². The van der Waals surface area contributed by atoms with Crippen molar-refractivity contribution in [2.24, 2.45) is 0 Å². The first kappa shape index (κ1) is 5.41. The van der Waals surface area contributed by atoms with Gasteiger partial charge in [-0.1, -0.05) is 11.3 Å². The fraction of sp³-hybridized carbons (Fsp3) is 0.143. The van der Waals surface area contributed by atoms with E-state index >= 15 is 0 Å². The van der Waals surface area contributed by atoms with Gasteiger partial charge < -0.3 is 0 Å². The molecule has 3 heteroatoms. The van der Waals surface area contributed by atoms with Gasteiger partial charge in [0.05, 0.1) is 11.7 Å². The second-order valence-electron chi connectivity index (χ2n) is 2.24. The van der Waals surface area contributed by atoms with E-state index in [-0.39, 0.29) is 0 Å². The number of pyridine rings is 1. The fourth-order valence-corrected chi connectivity index (χ4v) is 0.987. The zero-order valence-corrected chi connectivity index (χ0v) is 5.65. The monoisotopic (exact) mass is 133 g/mol. The molecule has 0 saturated carbocycles. The molecule has 0 spiro atoms. The minimum Gasteiger partial charge on any atom is -0.218 e. The summed E-state index contributed by atoms with van der Waals surface area (Å²) in [4.78, 5) is 0. The van der Waals surface area contributed by atoms with Crippen molar-refractivity contribution in [3.05, 3.63) is 30.1 Å². The second kappa shape index (κ2) is 1.80. The highest BCUT2D eigenvalue weighted by molar-refractivity contribution is 5.43. The van der Waals surface area contributed by atoms with Crippen molar-refractivity contribution in [2.75, 3.05) is 0 Å². The molecule has 0 aliphatic rings. The van der Waals surface area contributed by atoms with Crippen molar-refractivity contribution in [2.45, 2.75) is 6.92 Å². The number of aromatic nitrogens is 3. The van der Waals surface area contributed by atoms with E-state index < -0.39 is 0 Å². The quantitative estimate of drug-likeness (QED) is 0.537. The summed E-state index contributed by atoms with van der Waals surface area (Å²) in [6.45, 7) is 2.00. The average molecular weight is 133 g/mol. The van der Waals surface area contributed by atoms with Crippen LogP contribution in [0.15, 0.2) is 24.4 Å². The number of aryl methyl sites for hydroxylation is 1. The average Bonchev–Trinajstić information content (AvgIpc) is 2.36. The summed E-state index contributed by atoms with van der Waals surface area (Å²) < 4.78 is 1.81. The van der Waals surface area contributed by atoms with Crippen LogP contribution in [-0.4, -0.2) is 14.8 Å². The normalized spacial score (nSPS) is 10.5. The summed E-state index contributed by atoms with van der Waals surface area (Å²) in [7, 11) is 0. The van der Waals surface area contributed by atoms with E-state index in [9.17, 15) is 0 Å². The highest BCUT2D eigenvalue weighted by Crippen LogP contribution is 2.01. The van der Waals surface area contributed by atoms with Gasteiger partial charge in [-0.05, 0) is 19.1 Å². The Morgan fingerprint density at radius 3 is 3.10 bits per heavy atom. The zero-order chi connectivity index (χ0) is 6.97. The number of fused-ring (bicyclic) bond motifs is 1. The number of hydrogen-bond acceptors (Lipinski definition) is 2. The summed E-state index contributed by atoms with van der Waals surface area (Å²) in [5, 5.41) is 7.66. The first-order valence-corrected chi connectivity index (χ1v) is 3.14. The van der Waals surface area contributed by atoms with Gasteiger partial charge in [0, 0.05) is 5.69 Å². The van der Waals surface area contributed by atoms with Gasteiger partial charge in [0.2, 0.25) is 0 Å². The first-order valence-electron chi connectivity index (χ1n) is 3.14. The summed E-state index contributed by atoms with van der Waals surface area (Å²) in [6, 6.07) is 5.97. The van der Waals surface area contributed by atoms with Gasteiger partial charge in [-0.2, -0.15) is 0 Å². The summed E-state index contributed by atoms with van der Waals surface area (Å²) in [5.74, 6) is 0. The molecule has 0 aliphatic heterocycles. The van der Waals surface area contributed by atoms with Crippen LogP contribution in [0, 0.1) is 6.92 Å². The molecule has 2 aromatic heterocycles. The lowest BCUT2D eigenvalue weighted by molar-refractivity contribution is 0.828. The molecule has 0 unspecified atom stereocenters. The minimum atomic E-state index is 1.04. The van der Waals surface area contributed by atoms with Crippen molar-refractivity contribution in [3.8, 4) is 0 Å². The van der Waals surface area contributed by atoms with E-state index in [2.05, 4.69) is 10.3 Å². The lowest BCUT2D eigenvalue weighted by atomic mass is 10.3. The molecular formula is C7H7N3. The molecule has 0 amide bonds. The predicted octanol–water partition coefficient (Wildman–Crippen LogP) is 1.04. The van der Waals surface area contributed by atoms with Crippen LogP contribution in [0.4, 0.5) is 0 Å². The molecule has 0 fully saturated rings. The molecule has 2 heterocycles. The Morgan fingerprint density at radius 1 is 1.40 bits per heavy atom. The second-order valence-corrected chi connectivity index (χ2v) is 2.24. The van der Waals surface area contributed by atoms with E-state index in [0.717, 1.165) is 11.2 Å². The Hall–Kier alpha value is -1.38. The Morgan fingerprint density at radius 2 is 2.30 bits per heavy atom. The number of hydrogen-bond donors (Lipinski definition) is 0. The van der Waals surface area contributed by atoms with Crippen LogP contribution < -0.4 is 0 Å². The maximum absolute atomic E-state index is 3.88. The smallest absolute Gasteiger partial charge is 0.0868 e. The SMILES string of the molecule is Cc1cccc2cnnn12. The molecule has 0 atom stereocenters. The lowest BCUT2D eigenvalue weighted by Gasteiger charge is -1.93. The van der Waals surface area contributed by atoms with E-state index in [0.29, 0.717) is 0 Å². The summed E-state index contributed by atoms with van der Waals surface area (Å²) in [5.41, 5.74) is 2.15. The molecule has 0 bridgehead atoms. The summed E-state index contributed by atoms with van der Waals surface area (Å²) in [6.07, 6.45) is 1.74. The van der Waals surface area contributed by atoms with Crippen molar-refractivity contribution in [1.82, 2.24) is 14.8 Å². The molecule has 50 valence electrons. The van der Waals surface area contributed by atoms with Gasteiger partial charge in [0.15, 0.2) is 0 Å². The summed E-state index contributed by atoms with van der Waals surface area (Å²) >= 11 is 0. The molecule has 0 radical (unpaired) electrons. The minimum absolute atomic E-state index is 1.04. The molecule has 0 aliphatic carbocycles. The number of nitrogens with zero attached hydrogens (tertiary/aromatic N) is 3. The van der Waals surface area contributed by atoms with E-state index in [1.165, 1.54) is 0 Å². The van der Waals surface area contributed by atoms with Gasteiger partial charge in [-0.15, -0.1) is 5.10 Å². The number of rotatable bonds is 0. The maximum atomic E-state index is 3.88. The predicted molar refractivity (Wildman–Crippen MR) is 37.7 cm³/mol. The molecule has 3 nitrogen and oxygen atoms in total. The Bertz CT molecular complexity index is 350. The molecule has 0 saturated heterocycles. The Balaban J connectivity index is 2.95. The van der Waals surface area contributed by atoms with Gasteiger partial charge in [0.25, 0.3) is 0 Å². The highest BCUT2D eigenvalue weighted by atomic mass is 15.4. The van der Waals surface area contributed by atoms with Gasteiger partial charge in [-0.25, -0.2) is 4.52 Å². The van der Waals surface area contributed by atoms with Crippen molar-refractivity contribution >= 4 is 5.52 Å². The zero-order valence-electron chi connectivity index (χ0n) is 5.65. The maximum Gasteiger partial charge on any atom is 0.0868 e. The molecule has 0 N–H and O–H groups in total. The standard InChI is InChI=1S/C7H7N3/c1-6-3-2-4-7-5-8-9-10(6)7/h2-5H,1H3. The first-order chi connectivity index (χ1) is 4.88. The van der Waals surface area contributed by atoms with Crippen LogP contribution in [0.3, 0.4) is 0 Å². The Labute approximate surface area is 58.3 Å². The fourth-order valence-electron chi connectivity index (χ4n) is 0.987. The van der Waals surface area contributed by atoms with Crippen molar-refractivity contribution < 1.29 is 0 Å². The van der Waals surface area contributed by atoms with Gasteiger partial charge in [-0.3, -0.25) is 0 Å². The lowest BCUT2D eigenvalue weighted by Crippen LogP contribution is -1.91. The van der Waals surface area contributed by atoms with E-state index in [4.69, 9.17) is 0 Å². The Kier molecular flexibility index (Phi) is 0.974. The van der Waals surface area contributed by atoms with Crippen LogP contribution in [0.5, 0.6) is 0 Å². The topological polar surface area (TPSA) is 30.2 Å².